The first-order valence-corrected chi connectivity index (χ1v) is 10.1. The average Bonchev–Trinajstić information content (AvgIpc) is 2.79. The van der Waals surface area contributed by atoms with Gasteiger partial charge in [-0.2, -0.15) is 0 Å². The minimum Gasteiger partial charge on any atom is -0.495 e. The summed E-state index contributed by atoms with van der Waals surface area (Å²) < 4.78 is 5.32. The van der Waals surface area contributed by atoms with E-state index in [0.717, 1.165) is 42.2 Å². The van der Waals surface area contributed by atoms with Gasteiger partial charge < -0.3 is 15.0 Å². The highest BCUT2D eigenvalue weighted by Gasteiger charge is 2.26. The van der Waals surface area contributed by atoms with Crippen LogP contribution in [-0.4, -0.2) is 46.0 Å². The fraction of sp³-hybridized carbons (Fsp3) is 0.304. The first kappa shape index (κ1) is 19.8. The summed E-state index contributed by atoms with van der Waals surface area (Å²) in [5.74, 6) is 2.31. The van der Waals surface area contributed by atoms with Gasteiger partial charge in [0.2, 0.25) is 5.91 Å². The fourth-order valence-electron chi connectivity index (χ4n) is 3.67. The molecule has 4 rings (SSSR count). The quantitative estimate of drug-likeness (QED) is 0.693. The summed E-state index contributed by atoms with van der Waals surface area (Å²) in [5.41, 5.74) is 2.57. The number of para-hydroxylation sites is 1. The van der Waals surface area contributed by atoms with Gasteiger partial charge in [0.05, 0.1) is 19.0 Å². The zero-order valence-electron chi connectivity index (χ0n) is 17.2. The SMILES string of the molecule is COc1cncc(-c2cc(Nc3ccccc3)nc(C3CCCN(C(C)=O)C3)n2)c1. The highest BCUT2D eigenvalue weighted by atomic mass is 16.5. The molecule has 2 aromatic heterocycles. The van der Waals surface area contributed by atoms with Crippen LogP contribution in [-0.2, 0) is 4.79 Å². The molecular formula is C23H25N5O2. The monoisotopic (exact) mass is 403 g/mol. The predicted octanol–water partition coefficient (Wildman–Crippen LogP) is 4.02. The van der Waals surface area contributed by atoms with Crippen molar-refractivity contribution in [3.8, 4) is 17.0 Å². The first-order chi connectivity index (χ1) is 14.6. The molecule has 1 atom stereocenters. The number of nitrogens with one attached hydrogen (secondary N) is 1. The largest absolute Gasteiger partial charge is 0.495 e. The van der Waals surface area contributed by atoms with E-state index in [0.29, 0.717) is 18.1 Å². The number of carbonyl (C=O) groups excluding carboxylic acids is 1. The Labute approximate surface area is 176 Å². The molecule has 0 spiro atoms. The second-order valence-corrected chi connectivity index (χ2v) is 7.41. The second-order valence-electron chi connectivity index (χ2n) is 7.41. The number of nitrogens with zero attached hydrogens (tertiary/aromatic N) is 4. The van der Waals surface area contributed by atoms with Crippen LogP contribution in [0.2, 0.25) is 0 Å². The summed E-state index contributed by atoms with van der Waals surface area (Å²) in [4.78, 5) is 27.7. The Hall–Kier alpha value is -3.48. The molecule has 1 saturated heterocycles. The van der Waals surface area contributed by atoms with Crippen molar-refractivity contribution in [2.24, 2.45) is 0 Å². The number of benzene rings is 1. The normalized spacial score (nSPS) is 16.2. The Balaban J connectivity index is 1.72. The molecule has 1 aliphatic rings. The lowest BCUT2D eigenvalue weighted by molar-refractivity contribution is -0.130. The second kappa shape index (κ2) is 8.90. The van der Waals surface area contributed by atoms with E-state index in [1.807, 2.05) is 47.4 Å². The van der Waals surface area contributed by atoms with E-state index in [2.05, 4.69) is 10.3 Å². The first-order valence-electron chi connectivity index (χ1n) is 10.1. The van der Waals surface area contributed by atoms with E-state index in [1.165, 1.54) is 0 Å². The van der Waals surface area contributed by atoms with Gasteiger partial charge in [-0.1, -0.05) is 18.2 Å². The van der Waals surface area contributed by atoms with Crippen LogP contribution in [0.4, 0.5) is 11.5 Å². The Bertz CT molecular complexity index is 1030. The van der Waals surface area contributed by atoms with E-state index >= 15 is 0 Å². The maximum atomic E-state index is 11.9. The summed E-state index contributed by atoms with van der Waals surface area (Å²) >= 11 is 0. The number of methoxy groups -OCH3 is 1. The standard InChI is InChI=1S/C23H25N5O2/c1-16(29)28-10-6-7-17(15-28)23-26-21(18-11-20(30-2)14-24-13-18)12-22(27-23)25-19-8-4-3-5-9-19/h3-5,8-9,11-14,17H,6-7,10,15H2,1-2H3,(H,25,26,27). The summed E-state index contributed by atoms with van der Waals surface area (Å²) in [6, 6.07) is 13.7. The van der Waals surface area contributed by atoms with Crippen LogP contribution in [0.5, 0.6) is 5.75 Å². The van der Waals surface area contributed by atoms with E-state index in [9.17, 15) is 4.79 Å². The lowest BCUT2D eigenvalue weighted by Gasteiger charge is -2.31. The number of pyridine rings is 1. The molecule has 1 fully saturated rings. The number of ether oxygens (including phenoxy) is 1. The van der Waals surface area contributed by atoms with Crippen LogP contribution >= 0.6 is 0 Å². The van der Waals surface area contributed by atoms with E-state index in [-0.39, 0.29) is 11.8 Å². The molecule has 0 saturated carbocycles. The maximum Gasteiger partial charge on any atom is 0.219 e. The van der Waals surface area contributed by atoms with Gasteiger partial charge in [-0.05, 0) is 31.0 Å². The molecule has 0 aliphatic carbocycles. The number of anilines is 2. The van der Waals surface area contributed by atoms with Gasteiger partial charge in [0.1, 0.15) is 17.4 Å². The highest BCUT2D eigenvalue weighted by molar-refractivity contribution is 5.73. The van der Waals surface area contributed by atoms with E-state index in [4.69, 9.17) is 14.7 Å². The molecule has 154 valence electrons. The smallest absolute Gasteiger partial charge is 0.219 e. The Morgan fingerprint density at radius 1 is 1.17 bits per heavy atom. The summed E-state index contributed by atoms with van der Waals surface area (Å²) in [6.45, 7) is 3.05. The minimum atomic E-state index is 0.0930. The van der Waals surface area contributed by atoms with Crippen molar-refractivity contribution < 1.29 is 9.53 Å². The van der Waals surface area contributed by atoms with Crippen molar-refractivity contribution in [1.82, 2.24) is 19.9 Å². The number of carbonyl (C=O) groups is 1. The number of piperidine rings is 1. The molecule has 1 unspecified atom stereocenters. The van der Waals surface area contributed by atoms with Crippen molar-refractivity contribution in [2.45, 2.75) is 25.7 Å². The Morgan fingerprint density at radius 2 is 2.00 bits per heavy atom. The number of rotatable bonds is 5. The average molecular weight is 403 g/mol. The van der Waals surface area contributed by atoms with Gasteiger partial charge in [0.25, 0.3) is 0 Å². The van der Waals surface area contributed by atoms with Gasteiger partial charge in [0, 0.05) is 49.4 Å². The van der Waals surface area contributed by atoms with Crippen LogP contribution < -0.4 is 10.1 Å². The highest BCUT2D eigenvalue weighted by Crippen LogP contribution is 2.30. The van der Waals surface area contributed by atoms with Gasteiger partial charge in [-0.25, -0.2) is 9.97 Å². The molecule has 7 heteroatoms. The zero-order chi connectivity index (χ0) is 20.9. The van der Waals surface area contributed by atoms with Crippen LogP contribution in [0.3, 0.4) is 0 Å². The van der Waals surface area contributed by atoms with Crippen LogP contribution in [0, 0.1) is 0 Å². The molecule has 1 amide bonds. The Kier molecular flexibility index (Phi) is 5.88. The van der Waals surface area contributed by atoms with Crippen molar-refractivity contribution in [3.05, 3.63) is 60.7 Å². The lowest BCUT2D eigenvalue weighted by atomic mass is 9.97. The number of amides is 1. The number of aromatic nitrogens is 3. The predicted molar refractivity (Wildman–Crippen MR) is 116 cm³/mol. The summed E-state index contributed by atoms with van der Waals surface area (Å²) in [6.07, 6.45) is 5.33. The van der Waals surface area contributed by atoms with Gasteiger partial charge in [0.15, 0.2) is 0 Å². The minimum absolute atomic E-state index is 0.0930. The number of likely N-dealkylation sites (tertiary alicyclic amines) is 1. The van der Waals surface area contributed by atoms with Gasteiger partial charge in [-0.15, -0.1) is 0 Å². The fourth-order valence-corrected chi connectivity index (χ4v) is 3.67. The zero-order valence-corrected chi connectivity index (χ0v) is 17.2. The topological polar surface area (TPSA) is 80.2 Å². The maximum absolute atomic E-state index is 11.9. The lowest BCUT2D eigenvalue weighted by Crippen LogP contribution is -2.38. The third-order valence-corrected chi connectivity index (χ3v) is 5.27. The molecule has 30 heavy (non-hydrogen) atoms. The molecular weight excluding hydrogens is 378 g/mol. The number of hydrogen-bond acceptors (Lipinski definition) is 6. The molecule has 0 radical (unpaired) electrons. The Morgan fingerprint density at radius 3 is 2.77 bits per heavy atom. The molecule has 1 N–H and O–H groups in total. The molecule has 1 aromatic carbocycles. The molecule has 3 aromatic rings. The summed E-state index contributed by atoms with van der Waals surface area (Å²) in [5, 5.41) is 3.37. The molecule has 7 nitrogen and oxygen atoms in total. The third-order valence-electron chi connectivity index (χ3n) is 5.27. The van der Waals surface area contributed by atoms with Crippen LogP contribution in [0.15, 0.2) is 54.9 Å². The third kappa shape index (κ3) is 4.56. The number of hydrogen-bond donors (Lipinski definition) is 1. The van der Waals surface area contributed by atoms with Crippen molar-refractivity contribution >= 4 is 17.4 Å². The van der Waals surface area contributed by atoms with Crippen molar-refractivity contribution in [3.63, 3.8) is 0 Å². The van der Waals surface area contributed by atoms with Gasteiger partial charge >= 0.3 is 0 Å². The molecule has 0 bridgehead atoms. The van der Waals surface area contributed by atoms with Crippen LogP contribution in [0.1, 0.15) is 31.5 Å². The van der Waals surface area contributed by atoms with E-state index in [1.54, 1.807) is 26.4 Å². The van der Waals surface area contributed by atoms with Crippen LogP contribution in [0.25, 0.3) is 11.3 Å². The molecule has 3 heterocycles. The van der Waals surface area contributed by atoms with Crippen molar-refractivity contribution in [1.29, 1.82) is 0 Å². The van der Waals surface area contributed by atoms with Gasteiger partial charge in [-0.3, -0.25) is 9.78 Å². The van der Waals surface area contributed by atoms with E-state index < -0.39 is 0 Å². The van der Waals surface area contributed by atoms with Crippen molar-refractivity contribution in [2.75, 3.05) is 25.5 Å². The molecule has 1 aliphatic heterocycles. The summed E-state index contributed by atoms with van der Waals surface area (Å²) in [7, 11) is 1.62.